The van der Waals surface area contributed by atoms with Gasteiger partial charge in [0, 0.05) is 14.5 Å². The molecule has 4 rings (SSSR count). The number of esters is 1. The Bertz CT molecular complexity index is 1500. The number of nitrogens with zero attached hydrogens (tertiary/aromatic N) is 2. The van der Waals surface area contributed by atoms with E-state index in [1.54, 1.807) is 30.6 Å². The van der Waals surface area contributed by atoms with Crippen LogP contribution in [0, 0.1) is 0 Å². The third-order valence-electron chi connectivity index (χ3n) is 5.32. The minimum atomic E-state index is -0.653. The topological polar surface area (TPSA) is 69.9 Å². The van der Waals surface area contributed by atoms with E-state index >= 15 is 0 Å². The highest BCUT2D eigenvalue weighted by molar-refractivity contribution is 9.10. The lowest BCUT2D eigenvalue weighted by Gasteiger charge is -2.24. The molecule has 1 atom stereocenters. The average molecular weight is 618 g/mol. The Labute approximate surface area is 223 Å². The fourth-order valence-corrected chi connectivity index (χ4v) is 5.49. The van der Waals surface area contributed by atoms with Gasteiger partial charge in [-0.15, -0.1) is 0 Å². The number of carbonyl (C=O) groups is 1. The van der Waals surface area contributed by atoms with Crippen LogP contribution in [-0.4, -0.2) is 23.8 Å². The summed E-state index contributed by atoms with van der Waals surface area (Å²) in [6.07, 6.45) is 3.45. The first-order chi connectivity index (χ1) is 16.8. The fourth-order valence-electron chi connectivity index (χ4n) is 3.81. The van der Waals surface area contributed by atoms with E-state index in [0.29, 0.717) is 33.0 Å². The van der Waals surface area contributed by atoms with Crippen molar-refractivity contribution in [1.82, 2.24) is 4.57 Å². The minimum absolute atomic E-state index is 0.226. The molecule has 3 aromatic rings. The standard InChI is InChI=1S/C26H22Br2N2O4S/c1-4-12-34-20-11-10-19(28)13-17(20)14-21-24(31)30-23(16-6-8-18(27)9-7-16)22(25(32)33-5-2)15(3)29-26(30)35-21/h4,6-11,13-14,23H,1,5,12H2,2-3H3/b21-14-/t23-/m0/s1. The van der Waals surface area contributed by atoms with Gasteiger partial charge < -0.3 is 9.47 Å². The lowest BCUT2D eigenvalue weighted by molar-refractivity contribution is -0.139. The first-order valence-corrected chi connectivity index (χ1v) is 13.2. The van der Waals surface area contributed by atoms with Gasteiger partial charge in [0.15, 0.2) is 4.80 Å². The van der Waals surface area contributed by atoms with E-state index in [-0.39, 0.29) is 12.2 Å². The molecule has 0 bridgehead atoms. The van der Waals surface area contributed by atoms with Crippen molar-refractivity contribution in [2.75, 3.05) is 13.2 Å². The number of hydrogen-bond acceptors (Lipinski definition) is 6. The smallest absolute Gasteiger partial charge is 0.338 e. The van der Waals surface area contributed by atoms with Crippen molar-refractivity contribution in [2.45, 2.75) is 19.9 Å². The van der Waals surface area contributed by atoms with Gasteiger partial charge in [-0.25, -0.2) is 9.79 Å². The van der Waals surface area contributed by atoms with Crippen molar-refractivity contribution < 1.29 is 14.3 Å². The SMILES string of the molecule is C=CCOc1ccc(Br)cc1/C=c1\sc2n(c1=O)[C@@H](c1ccc(Br)cc1)C(C(=O)OCC)=C(C)N=2. The molecule has 1 aromatic heterocycles. The Kier molecular flexibility index (Phi) is 7.88. The van der Waals surface area contributed by atoms with Crippen molar-refractivity contribution in [3.63, 3.8) is 0 Å². The van der Waals surface area contributed by atoms with E-state index in [1.165, 1.54) is 11.3 Å². The number of fused-ring (bicyclic) bond motifs is 1. The molecule has 0 aliphatic carbocycles. The lowest BCUT2D eigenvalue weighted by atomic mass is 9.96. The van der Waals surface area contributed by atoms with Gasteiger partial charge in [-0.1, -0.05) is 68.0 Å². The molecule has 0 saturated heterocycles. The predicted molar refractivity (Wildman–Crippen MR) is 144 cm³/mol. The van der Waals surface area contributed by atoms with Crippen molar-refractivity contribution >= 4 is 55.2 Å². The highest BCUT2D eigenvalue weighted by Crippen LogP contribution is 2.31. The third-order valence-corrected chi connectivity index (χ3v) is 7.32. The van der Waals surface area contributed by atoms with Crippen molar-refractivity contribution in [1.29, 1.82) is 0 Å². The van der Waals surface area contributed by atoms with Gasteiger partial charge in [0.2, 0.25) is 0 Å². The molecule has 1 aliphatic rings. The maximum Gasteiger partial charge on any atom is 0.338 e. The molecule has 0 saturated carbocycles. The zero-order valence-corrected chi connectivity index (χ0v) is 23.1. The zero-order chi connectivity index (χ0) is 25.1. The molecule has 0 unspecified atom stereocenters. The zero-order valence-electron chi connectivity index (χ0n) is 19.1. The second kappa shape index (κ2) is 10.9. The average Bonchev–Trinajstić information content (AvgIpc) is 3.12. The Balaban J connectivity index is 1.94. The molecule has 180 valence electrons. The van der Waals surface area contributed by atoms with Gasteiger partial charge in [0.1, 0.15) is 12.4 Å². The summed E-state index contributed by atoms with van der Waals surface area (Å²) in [6, 6.07) is 12.5. The Morgan fingerprint density at radius 2 is 1.91 bits per heavy atom. The Morgan fingerprint density at radius 1 is 1.20 bits per heavy atom. The van der Waals surface area contributed by atoms with Crippen LogP contribution < -0.4 is 19.6 Å². The molecule has 35 heavy (non-hydrogen) atoms. The van der Waals surface area contributed by atoms with Gasteiger partial charge in [-0.3, -0.25) is 9.36 Å². The van der Waals surface area contributed by atoms with Gasteiger partial charge >= 0.3 is 5.97 Å². The number of halogens is 2. The van der Waals surface area contributed by atoms with E-state index in [1.807, 2.05) is 42.5 Å². The van der Waals surface area contributed by atoms with Gasteiger partial charge in [-0.2, -0.15) is 0 Å². The largest absolute Gasteiger partial charge is 0.489 e. The molecule has 0 spiro atoms. The van der Waals surface area contributed by atoms with Crippen molar-refractivity contribution in [3.05, 3.63) is 106 Å². The van der Waals surface area contributed by atoms with Gasteiger partial charge in [-0.05, 0) is 55.8 Å². The van der Waals surface area contributed by atoms with Crippen LogP contribution in [0.2, 0.25) is 0 Å². The first-order valence-electron chi connectivity index (χ1n) is 10.8. The molecular weight excluding hydrogens is 596 g/mol. The van der Waals surface area contributed by atoms with E-state index in [2.05, 4.69) is 43.4 Å². The summed E-state index contributed by atoms with van der Waals surface area (Å²) < 4.78 is 14.9. The van der Waals surface area contributed by atoms with Crippen LogP contribution in [0.25, 0.3) is 6.08 Å². The summed E-state index contributed by atoms with van der Waals surface area (Å²) in [4.78, 5) is 31.8. The molecule has 2 heterocycles. The van der Waals surface area contributed by atoms with Crippen LogP contribution in [0.5, 0.6) is 5.75 Å². The van der Waals surface area contributed by atoms with Crippen LogP contribution in [-0.2, 0) is 9.53 Å². The third kappa shape index (κ3) is 5.27. The highest BCUT2D eigenvalue weighted by Gasteiger charge is 2.33. The first kappa shape index (κ1) is 25.3. The molecular formula is C26H22Br2N2O4S. The van der Waals surface area contributed by atoms with Crippen LogP contribution in [0.4, 0.5) is 0 Å². The maximum absolute atomic E-state index is 13.7. The number of hydrogen-bond donors (Lipinski definition) is 0. The molecule has 6 nitrogen and oxygen atoms in total. The number of allylic oxidation sites excluding steroid dienone is 1. The van der Waals surface area contributed by atoms with Crippen LogP contribution in [0.1, 0.15) is 31.0 Å². The molecule has 0 fully saturated rings. The fraction of sp³-hybridized carbons (Fsp3) is 0.192. The second-order valence-electron chi connectivity index (χ2n) is 7.64. The Hall–Kier alpha value is -2.75. The molecule has 9 heteroatoms. The number of thiazole rings is 1. The number of aromatic nitrogens is 1. The minimum Gasteiger partial charge on any atom is -0.489 e. The summed E-state index contributed by atoms with van der Waals surface area (Å²) in [7, 11) is 0. The Morgan fingerprint density at radius 3 is 2.60 bits per heavy atom. The van der Waals surface area contributed by atoms with Crippen LogP contribution >= 0.6 is 43.2 Å². The normalized spacial score (nSPS) is 15.4. The molecule has 0 N–H and O–H groups in total. The number of rotatable bonds is 7. The van der Waals surface area contributed by atoms with Gasteiger partial charge in [0.05, 0.1) is 28.5 Å². The maximum atomic E-state index is 13.7. The monoisotopic (exact) mass is 616 g/mol. The van der Waals surface area contributed by atoms with E-state index < -0.39 is 12.0 Å². The predicted octanol–water partition coefficient (Wildman–Crippen LogP) is 4.89. The summed E-state index contributed by atoms with van der Waals surface area (Å²) in [5, 5.41) is 0. The number of benzene rings is 2. The number of carbonyl (C=O) groups excluding carboxylic acids is 1. The molecule has 0 radical (unpaired) electrons. The highest BCUT2D eigenvalue weighted by atomic mass is 79.9. The summed E-state index contributed by atoms with van der Waals surface area (Å²) in [6.45, 7) is 7.78. The van der Waals surface area contributed by atoms with E-state index in [9.17, 15) is 9.59 Å². The van der Waals surface area contributed by atoms with Crippen LogP contribution in [0.3, 0.4) is 0 Å². The van der Waals surface area contributed by atoms with Crippen molar-refractivity contribution in [3.8, 4) is 5.75 Å². The summed E-state index contributed by atoms with van der Waals surface area (Å²) >= 11 is 8.21. The lowest BCUT2D eigenvalue weighted by Crippen LogP contribution is -2.39. The summed E-state index contributed by atoms with van der Waals surface area (Å²) in [5.74, 6) is 0.148. The number of ether oxygens (including phenoxy) is 2. The van der Waals surface area contributed by atoms with E-state index in [0.717, 1.165) is 20.1 Å². The molecule has 1 aliphatic heterocycles. The molecule has 2 aromatic carbocycles. The van der Waals surface area contributed by atoms with E-state index in [4.69, 9.17) is 9.47 Å². The quantitative estimate of drug-likeness (QED) is 0.280. The van der Waals surface area contributed by atoms with Crippen molar-refractivity contribution in [2.24, 2.45) is 4.99 Å². The molecule has 0 amide bonds. The van der Waals surface area contributed by atoms with Gasteiger partial charge in [0.25, 0.3) is 5.56 Å². The second-order valence-corrected chi connectivity index (χ2v) is 10.5. The van der Waals surface area contributed by atoms with Crippen LogP contribution in [0.15, 0.2) is 85.1 Å². The summed E-state index contributed by atoms with van der Waals surface area (Å²) in [5.41, 5.74) is 2.17.